The highest BCUT2D eigenvalue weighted by Crippen LogP contribution is 2.13. The molecular weight excluding hydrogens is 250 g/mol. The maximum absolute atomic E-state index is 11.7. The molecule has 0 fully saturated rings. The van der Waals surface area contributed by atoms with Gasteiger partial charge in [-0.05, 0) is 30.5 Å². The Hall–Kier alpha value is -1.06. The van der Waals surface area contributed by atoms with Gasteiger partial charge in [0.05, 0.1) is 12.0 Å². The average Bonchev–Trinajstić information content (AvgIpc) is 2.36. The van der Waals surface area contributed by atoms with Crippen LogP contribution in [-0.4, -0.2) is 23.2 Å². The largest absolute Gasteiger partial charge is 0.388 e. The second-order valence-corrected chi connectivity index (χ2v) is 4.95. The summed E-state index contributed by atoms with van der Waals surface area (Å²) >= 11 is 5.85. The lowest BCUT2D eigenvalue weighted by atomic mass is 9.97. The Balaban J connectivity index is 2.47. The summed E-state index contributed by atoms with van der Waals surface area (Å²) in [5, 5.41) is 13.4. The maximum Gasteiger partial charge on any atom is 0.224 e. The van der Waals surface area contributed by atoms with Crippen LogP contribution in [0.5, 0.6) is 0 Å². The molecule has 0 aliphatic heterocycles. The molecule has 0 heterocycles. The van der Waals surface area contributed by atoms with Crippen LogP contribution in [0.3, 0.4) is 0 Å². The molecule has 0 unspecified atom stereocenters. The first kappa shape index (κ1) is 15.0. The molecular formula is C14H20ClNO2. The third kappa shape index (κ3) is 4.67. The van der Waals surface area contributed by atoms with E-state index < -0.39 is 5.60 Å². The van der Waals surface area contributed by atoms with Crippen LogP contribution in [0, 0.1) is 0 Å². The topological polar surface area (TPSA) is 49.3 Å². The Labute approximate surface area is 113 Å². The molecule has 0 saturated carbocycles. The number of nitrogens with one attached hydrogen (secondary N) is 1. The molecule has 0 bridgehead atoms. The van der Waals surface area contributed by atoms with Crippen LogP contribution in [-0.2, 0) is 11.2 Å². The van der Waals surface area contributed by atoms with E-state index in [0.717, 1.165) is 5.56 Å². The van der Waals surface area contributed by atoms with Crippen LogP contribution in [0.1, 0.15) is 32.3 Å². The number of aliphatic hydroxyl groups is 1. The zero-order valence-electron chi connectivity index (χ0n) is 10.9. The van der Waals surface area contributed by atoms with Crippen LogP contribution in [0.25, 0.3) is 0 Å². The summed E-state index contributed by atoms with van der Waals surface area (Å²) in [7, 11) is 0. The normalized spacial score (nSPS) is 11.3. The highest BCUT2D eigenvalue weighted by Gasteiger charge is 2.22. The zero-order chi connectivity index (χ0) is 13.6. The molecule has 1 aromatic rings. The molecule has 4 heteroatoms. The van der Waals surface area contributed by atoms with Gasteiger partial charge >= 0.3 is 0 Å². The Kier molecular flexibility index (Phi) is 5.63. The smallest absolute Gasteiger partial charge is 0.224 e. The number of hydrogen-bond acceptors (Lipinski definition) is 2. The standard InChI is InChI=1S/C14H20ClNO2/c1-3-14(18,4-2)10-16-13(17)9-11-6-5-7-12(15)8-11/h5-8,18H,3-4,9-10H2,1-2H3,(H,16,17). The minimum Gasteiger partial charge on any atom is -0.388 e. The Bertz CT molecular complexity index is 403. The third-order valence-electron chi connectivity index (χ3n) is 3.18. The van der Waals surface area contributed by atoms with Gasteiger partial charge in [-0.25, -0.2) is 0 Å². The lowest BCUT2D eigenvalue weighted by Crippen LogP contribution is -2.42. The van der Waals surface area contributed by atoms with Gasteiger partial charge in [-0.3, -0.25) is 4.79 Å². The first-order valence-electron chi connectivity index (χ1n) is 6.22. The SMILES string of the molecule is CCC(O)(CC)CNC(=O)Cc1cccc(Cl)c1. The molecule has 0 aliphatic rings. The van der Waals surface area contributed by atoms with Gasteiger partial charge in [-0.15, -0.1) is 0 Å². The van der Waals surface area contributed by atoms with Gasteiger partial charge in [0.1, 0.15) is 0 Å². The second kappa shape index (κ2) is 6.76. The lowest BCUT2D eigenvalue weighted by Gasteiger charge is -2.25. The second-order valence-electron chi connectivity index (χ2n) is 4.51. The third-order valence-corrected chi connectivity index (χ3v) is 3.42. The minimum atomic E-state index is -0.802. The van der Waals surface area contributed by atoms with E-state index in [4.69, 9.17) is 11.6 Å². The zero-order valence-corrected chi connectivity index (χ0v) is 11.6. The number of benzene rings is 1. The van der Waals surface area contributed by atoms with Gasteiger partial charge in [0.2, 0.25) is 5.91 Å². The molecule has 0 aliphatic carbocycles. The summed E-state index contributed by atoms with van der Waals surface area (Å²) in [6, 6.07) is 7.22. The van der Waals surface area contributed by atoms with E-state index in [0.29, 0.717) is 24.4 Å². The molecule has 0 aromatic heterocycles. The van der Waals surface area contributed by atoms with Crippen LogP contribution < -0.4 is 5.32 Å². The summed E-state index contributed by atoms with van der Waals surface area (Å²) in [4.78, 5) is 11.7. The molecule has 1 amide bonds. The lowest BCUT2D eigenvalue weighted by molar-refractivity contribution is -0.121. The Morgan fingerprint density at radius 2 is 2.06 bits per heavy atom. The van der Waals surface area contributed by atoms with Crippen molar-refractivity contribution in [3.8, 4) is 0 Å². The van der Waals surface area contributed by atoms with Crippen LogP contribution in [0.4, 0.5) is 0 Å². The molecule has 18 heavy (non-hydrogen) atoms. The van der Waals surface area contributed by atoms with Crippen LogP contribution in [0.15, 0.2) is 24.3 Å². The fraction of sp³-hybridized carbons (Fsp3) is 0.500. The van der Waals surface area contributed by atoms with E-state index in [1.165, 1.54) is 0 Å². The predicted octanol–water partition coefficient (Wildman–Crippen LogP) is 2.55. The summed E-state index contributed by atoms with van der Waals surface area (Å²) in [5.74, 6) is -0.0995. The van der Waals surface area contributed by atoms with Crippen molar-refractivity contribution in [2.45, 2.75) is 38.7 Å². The Morgan fingerprint density at radius 3 is 2.61 bits per heavy atom. The first-order valence-corrected chi connectivity index (χ1v) is 6.60. The molecule has 1 rings (SSSR count). The molecule has 3 nitrogen and oxygen atoms in total. The van der Waals surface area contributed by atoms with E-state index in [1.54, 1.807) is 12.1 Å². The number of carbonyl (C=O) groups excluding carboxylic acids is 1. The highest BCUT2D eigenvalue weighted by atomic mass is 35.5. The van der Waals surface area contributed by atoms with Crippen molar-refractivity contribution >= 4 is 17.5 Å². The number of carbonyl (C=O) groups is 1. The molecule has 1 aromatic carbocycles. The van der Waals surface area contributed by atoms with E-state index in [2.05, 4.69) is 5.32 Å². The number of rotatable bonds is 6. The summed E-state index contributed by atoms with van der Waals surface area (Å²) < 4.78 is 0. The number of halogens is 1. The van der Waals surface area contributed by atoms with Gasteiger partial charge in [-0.2, -0.15) is 0 Å². The predicted molar refractivity (Wildman–Crippen MR) is 73.7 cm³/mol. The average molecular weight is 270 g/mol. The van der Waals surface area contributed by atoms with Crippen molar-refractivity contribution < 1.29 is 9.90 Å². The quantitative estimate of drug-likeness (QED) is 0.834. The van der Waals surface area contributed by atoms with Crippen molar-refractivity contribution in [2.24, 2.45) is 0 Å². The molecule has 2 N–H and O–H groups in total. The first-order chi connectivity index (χ1) is 8.49. The van der Waals surface area contributed by atoms with Crippen molar-refractivity contribution in [3.05, 3.63) is 34.9 Å². The summed E-state index contributed by atoms with van der Waals surface area (Å²) in [6.07, 6.45) is 1.53. The molecule has 100 valence electrons. The van der Waals surface area contributed by atoms with E-state index in [1.807, 2.05) is 26.0 Å². The molecule has 0 saturated heterocycles. The van der Waals surface area contributed by atoms with Gasteiger partial charge in [-0.1, -0.05) is 37.6 Å². The summed E-state index contributed by atoms with van der Waals surface area (Å²) in [5.41, 5.74) is 0.0702. The maximum atomic E-state index is 11.7. The van der Waals surface area contributed by atoms with Crippen LogP contribution in [0.2, 0.25) is 5.02 Å². The minimum absolute atomic E-state index is 0.0995. The van der Waals surface area contributed by atoms with E-state index >= 15 is 0 Å². The molecule has 0 spiro atoms. The fourth-order valence-corrected chi connectivity index (χ4v) is 1.87. The molecule has 0 atom stereocenters. The van der Waals surface area contributed by atoms with E-state index in [-0.39, 0.29) is 12.3 Å². The monoisotopic (exact) mass is 269 g/mol. The number of hydrogen-bond donors (Lipinski definition) is 2. The van der Waals surface area contributed by atoms with Crippen molar-refractivity contribution in [1.82, 2.24) is 5.32 Å². The summed E-state index contributed by atoms with van der Waals surface area (Å²) in [6.45, 7) is 4.11. The van der Waals surface area contributed by atoms with Gasteiger partial charge in [0.15, 0.2) is 0 Å². The Morgan fingerprint density at radius 1 is 1.39 bits per heavy atom. The molecule has 0 radical (unpaired) electrons. The number of amides is 1. The highest BCUT2D eigenvalue weighted by molar-refractivity contribution is 6.30. The van der Waals surface area contributed by atoms with Crippen molar-refractivity contribution in [3.63, 3.8) is 0 Å². The van der Waals surface area contributed by atoms with Gasteiger partial charge < -0.3 is 10.4 Å². The van der Waals surface area contributed by atoms with Crippen LogP contribution >= 0.6 is 11.6 Å². The fourth-order valence-electron chi connectivity index (χ4n) is 1.66. The van der Waals surface area contributed by atoms with Crippen molar-refractivity contribution in [2.75, 3.05) is 6.54 Å². The van der Waals surface area contributed by atoms with E-state index in [9.17, 15) is 9.90 Å². The van der Waals surface area contributed by atoms with Gasteiger partial charge in [0.25, 0.3) is 0 Å². The van der Waals surface area contributed by atoms with Crippen molar-refractivity contribution in [1.29, 1.82) is 0 Å². The van der Waals surface area contributed by atoms with Gasteiger partial charge in [0, 0.05) is 11.6 Å².